The summed E-state index contributed by atoms with van der Waals surface area (Å²) in [5.41, 5.74) is 2.92. The van der Waals surface area contributed by atoms with E-state index < -0.39 is 11.1 Å². The molecule has 4 heteroatoms. The zero-order chi connectivity index (χ0) is 12.0. The van der Waals surface area contributed by atoms with Crippen molar-refractivity contribution in [2.75, 3.05) is 11.9 Å². The Morgan fingerprint density at radius 3 is 2.81 bits per heavy atom. The van der Waals surface area contributed by atoms with E-state index in [2.05, 4.69) is 12.2 Å². The van der Waals surface area contributed by atoms with Gasteiger partial charge in [-0.2, -0.15) is 0 Å². The van der Waals surface area contributed by atoms with Gasteiger partial charge in [0.15, 0.2) is 0 Å². The second-order valence-corrected chi connectivity index (χ2v) is 4.73. The highest BCUT2D eigenvalue weighted by molar-refractivity contribution is 7.78. The van der Waals surface area contributed by atoms with Gasteiger partial charge in [-0.25, -0.2) is 0 Å². The lowest BCUT2D eigenvalue weighted by molar-refractivity contribution is 0.536. The molecule has 0 heterocycles. The van der Waals surface area contributed by atoms with Crippen molar-refractivity contribution >= 4 is 16.8 Å². The topological polar surface area (TPSA) is 52.2 Å². The summed E-state index contributed by atoms with van der Waals surface area (Å²) in [4.78, 5) is 0. The van der Waals surface area contributed by atoms with Gasteiger partial charge in [-0.15, -0.1) is 0 Å². The fraction of sp³-hybridized carbons (Fsp3) is 0.500. The molecule has 0 aromatic heterocycles. The van der Waals surface area contributed by atoms with Crippen LogP contribution < -0.4 is 5.32 Å². The van der Waals surface area contributed by atoms with Gasteiger partial charge >= 0.3 is 0 Å². The van der Waals surface area contributed by atoms with Crippen LogP contribution in [0.5, 0.6) is 0 Å². The Labute approximate surface area is 99.5 Å². The third kappa shape index (κ3) is 3.94. The molecule has 1 aromatic carbocycles. The van der Waals surface area contributed by atoms with Crippen LogP contribution >= 0.6 is 0 Å². The molecule has 0 spiro atoms. The van der Waals surface area contributed by atoms with E-state index >= 15 is 0 Å². The maximum absolute atomic E-state index is 10.7. The Kier molecular flexibility index (Phi) is 5.49. The molecule has 0 aliphatic carbocycles. The van der Waals surface area contributed by atoms with Crippen LogP contribution in [0.3, 0.4) is 0 Å². The van der Waals surface area contributed by atoms with E-state index in [1.807, 2.05) is 25.1 Å². The molecule has 16 heavy (non-hydrogen) atoms. The fourth-order valence-electron chi connectivity index (χ4n) is 1.62. The highest BCUT2D eigenvalue weighted by atomic mass is 32.2. The van der Waals surface area contributed by atoms with Gasteiger partial charge in [0, 0.05) is 18.0 Å². The van der Waals surface area contributed by atoms with Crippen LogP contribution in [-0.4, -0.2) is 15.3 Å². The molecule has 1 unspecified atom stereocenters. The molecule has 0 radical (unpaired) electrons. The molecule has 0 fully saturated rings. The van der Waals surface area contributed by atoms with Crippen LogP contribution in [0.15, 0.2) is 18.2 Å². The third-order valence-corrected chi connectivity index (χ3v) is 3.01. The van der Waals surface area contributed by atoms with Gasteiger partial charge < -0.3 is 9.87 Å². The maximum Gasteiger partial charge on any atom is 0.0411 e. The summed E-state index contributed by atoms with van der Waals surface area (Å²) in [5, 5.41) is 3.31. The molecule has 3 nitrogen and oxygen atoms in total. The zero-order valence-corrected chi connectivity index (χ0v) is 10.6. The Hall–Kier alpha value is -0.870. The van der Waals surface area contributed by atoms with Gasteiger partial charge in [0.05, 0.1) is 0 Å². The number of unbranched alkanes of at least 4 members (excludes halogenated alkanes) is 1. The van der Waals surface area contributed by atoms with Crippen molar-refractivity contribution in [2.24, 2.45) is 0 Å². The number of para-hydroxylation sites is 1. The van der Waals surface area contributed by atoms with E-state index in [0.29, 0.717) is 0 Å². The molecule has 1 rings (SSSR count). The van der Waals surface area contributed by atoms with E-state index in [-0.39, 0.29) is 5.75 Å². The minimum absolute atomic E-state index is 0.0795. The second kappa shape index (κ2) is 6.66. The monoisotopic (exact) mass is 240 g/mol. The van der Waals surface area contributed by atoms with Crippen molar-refractivity contribution in [2.45, 2.75) is 32.4 Å². The lowest BCUT2D eigenvalue weighted by atomic mass is 10.1. The lowest BCUT2D eigenvalue weighted by Gasteiger charge is -2.15. The van der Waals surface area contributed by atoms with Crippen molar-refractivity contribution in [1.82, 2.24) is 0 Å². The van der Waals surface area contributed by atoms with Crippen LogP contribution in [0.2, 0.25) is 0 Å². The largest absolute Gasteiger partial charge is 0.772 e. The Balaban J connectivity index is 2.81. The second-order valence-electron chi connectivity index (χ2n) is 3.84. The maximum atomic E-state index is 10.7. The first-order chi connectivity index (χ1) is 7.65. The van der Waals surface area contributed by atoms with E-state index in [1.165, 1.54) is 0 Å². The Bertz CT molecular complexity index is 366. The van der Waals surface area contributed by atoms with Gasteiger partial charge in [-0.3, -0.25) is 4.21 Å². The molecule has 1 N–H and O–H groups in total. The standard InChI is InChI=1S/C12H19NO2S/c1-3-4-8-13-12-10(2)6-5-7-11(12)9-16(14)15/h5-7,13H,3-4,8-9H2,1-2H3,(H,14,15)/p-1. The Morgan fingerprint density at radius 2 is 2.19 bits per heavy atom. The van der Waals surface area contributed by atoms with Gasteiger partial charge in [0.1, 0.15) is 0 Å². The SMILES string of the molecule is CCCCNc1c(C)cccc1CS(=O)[O-]. The predicted molar refractivity (Wildman–Crippen MR) is 67.2 cm³/mol. The van der Waals surface area contributed by atoms with Crippen LogP contribution in [-0.2, 0) is 16.8 Å². The summed E-state index contributed by atoms with van der Waals surface area (Å²) in [6, 6.07) is 5.74. The molecule has 0 amide bonds. The molecule has 0 aliphatic rings. The Morgan fingerprint density at radius 1 is 1.44 bits per heavy atom. The average Bonchev–Trinajstić information content (AvgIpc) is 2.21. The fourth-order valence-corrected chi connectivity index (χ4v) is 2.11. The predicted octanol–water partition coefficient (Wildman–Crippen LogP) is 2.59. The van der Waals surface area contributed by atoms with Crippen molar-refractivity contribution in [3.05, 3.63) is 29.3 Å². The number of nitrogens with one attached hydrogen (secondary N) is 1. The highest BCUT2D eigenvalue weighted by Gasteiger charge is 2.04. The van der Waals surface area contributed by atoms with Crippen molar-refractivity contribution in [1.29, 1.82) is 0 Å². The van der Waals surface area contributed by atoms with E-state index in [9.17, 15) is 8.76 Å². The first-order valence-electron chi connectivity index (χ1n) is 5.53. The van der Waals surface area contributed by atoms with Gasteiger partial charge in [-0.1, -0.05) is 42.6 Å². The third-order valence-electron chi connectivity index (χ3n) is 2.46. The number of rotatable bonds is 6. The normalized spacial score (nSPS) is 12.4. The molecule has 1 atom stereocenters. The molecule has 1 aromatic rings. The van der Waals surface area contributed by atoms with Gasteiger partial charge in [0.25, 0.3) is 0 Å². The molecule has 0 bridgehead atoms. The van der Waals surface area contributed by atoms with Gasteiger partial charge in [0.2, 0.25) is 0 Å². The molecule has 90 valence electrons. The number of anilines is 1. The minimum atomic E-state index is -2.03. The van der Waals surface area contributed by atoms with Crippen molar-refractivity contribution < 1.29 is 8.76 Å². The molecular formula is C12H18NO2S-. The molecule has 0 aliphatic heterocycles. The van der Waals surface area contributed by atoms with Gasteiger partial charge in [-0.05, 0) is 24.5 Å². The smallest absolute Gasteiger partial charge is 0.0411 e. The van der Waals surface area contributed by atoms with E-state index in [0.717, 1.165) is 36.2 Å². The molecule has 0 saturated carbocycles. The minimum Gasteiger partial charge on any atom is -0.772 e. The van der Waals surface area contributed by atoms with Crippen LogP contribution in [0.4, 0.5) is 5.69 Å². The summed E-state index contributed by atoms with van der Waals surface area (Å²) >= 11 is -2.03. The summed E-state index contributed by atoms with van der Waals surface area (Å²) in [6.07, 6.45) is 2.22. The quantitative estimate of drug-likeness (QED) is 0.614. The van der Waals surface area contributed by atoms with E-state index in [1.54, 1.807) is 0 Å². The van der Waals surface area contributed by atoms with Crippen LogP contribution in [0.25, 0.3) is 0 Å². The molecule has 0 saturated heterocycles. The average molecular weight is 240 g/mol. The highest BCUT2D eigenvalue weighted by Crippen LogP contribution is 2.21. The lowest BCUT2D eigenvalue weighted by Crippen LogP contribution is -2.07. The first kappa shape index (κ1) is 13.2. The summed E-state index contributed by atoms with van der Waals surface area (Å²) in [7, 11) is 0. The summed E-state index contributed by atoms with van der Waals surface area (Å²) < 4.78 is 21.5. The number of benzene rings is 1. The van der Waals surface area contributed by atoms with Crippen LogP contribution in [0.1, 0.15) is 30.9 Å². The first-order valence-corrected chi connectivity index (χ1v) is 6.77. The summed E-state index contributed by atoms with van der Waals surface area (Å²) in [6.45, 7) is 5.01. The van der Waals surface area contributed by atoms with Crippen molar-refractivity contribution in [3.8, 4) is 0 Å². The molecular weight excluding hydrogens is 222 g/mol. The zero-order valence-electron chi connectivity index (χ0n) is 9.79. The number of aryl methyl sites for hydroxylation is 1. The number of hydrogen-bond donors (Lipinski definition) is 1. The van der Waals surface area contributed by atoms with E-state index in [4.69, 9.17) is 0 Å². The summed E-state index contributed by atoms with van der Waals surface area (Å²) in [5.74, 6) is 0.0795. The van der Waals surface area contributed by atoms with Crippen molar-refractivity contribution in [3.63, 3.8) is 0 Å². The van der Waals surface area contributed by atoms with Crippen LogP contribution in [0, 0.1) is 6.92 Å². The number of hydrogen-bond acceptors (Lipinski definition) is 3.